The number of halogens is 1. The normalized spacial score (nSPS) is 21.9. The number of likely N-dealkylation sites (tertiary alicyclic amines) is 1. The molecule has 2 aliphatic rings. The first-order valence-electron chi connectivity index (χ1n) is 11.1. The summed E-state index contributed by atoms with van der Waals surface area (Å²) in [5.74, 6) is -1.63. The lowest BCUT2D eigenvalue weighted by Crippen LogP contribution is -2.47. The molecule has 0 radical (unpaired) electrons. The second-order valence-corrected chi connectivity index (χ2v) is 9.95. The van der Waals surface area contributed by atoms with Crippen LogP contribution in [0.25, 0.3) is 0 Å². The molecule has 0 spiro atoms. The molecule has 1 atom stereocenters. The number of rotatable bonds is 6. The standard InChI is InChI=1S/C24H28FN3O3S/c1-16-26-17(15-32-16)14-27(2)21(29)12-24(19-10-6-7-11-20(19)25)13-22(30)28(23(24)31)18-8-4-3-5-9-18/h6-7,10-11,15,18H,3-5,8-9,12-14H2,1-2H3/t24-/m0/s1. The Bertz CT molecular complexity index is 1030. The highest BCUT2D eigenvalue weighted by Gasteiger charge is 2.56. The van der Waals surface area contributed by atoms with E-state index >= 15 is 0 Å². The maximum atomic E-state index is 14.9. The number of carbonyl (C=O) groups is 3. The molecule has 170 valence electrons. The summed E-state index contributed by atoms with van der Waals surface area (Å²) >= 11 is 1.50. The minimum absolute atomic E-state index is 0.128. The lowest BCUT2D eigenvalue weighted by Gasteiger charge is -2.33. The van der Waals surface area contributed by atoms with Crippen LogP contribution in [0.3, 0.4) is 0 Å². The molecule has 4 rings (SSSR count). The molecule has 3 amide bonds. The molecule has 0 unspecified atom stereocenters. The highest BCUT2D eigenvalue weighted by Crippen LogP contribution is 2.43. The van der Waals surface area contributed by atoms with Gasteiger partial charge in [-0.3, -0.25) is 19.3 Å². The topological polar surface area (TPSA) is 70.6 Å². The fourth-order valence-electron chi connectivity index (χ4n) is 4.97. The molecular weight excluding hydrogens is 429 g/mol. The Hall–Kier alpha value is -2.61. The summed E-state index contributed by atoms with van der Waals surface area (Å²) in [5.41, 5.74) is -0.618. The number of amides is 3. The van der Waals surface area contributed by atoms with E-state index in [0.717, 1.165) is 42.8 Å². The molecular formula is C24H28FN3O3S. The van der Waals surface area contributed by atoms with Gasteiger partial charge < -0.3 is 4.90 Å². The first kappa shape index (κ1) is 22.6. The van der Waals surface area contributed by atoms with E-state index in [4.69, 9.17) is 0 Å². The van der Waals surface area contributed by atoms with Crippen molar-refractivity contribution >= 4 is 29.1 Å². The molecule has 2 aromatic rings. The van der Waals surface area contributed by atoms with Crippen molar-refractivity contribution in [1.82, 2.24) is 14.8 Å². The van der Waals surface area contributed by atoms with Crippen molar-refractivity contribution in [1.29, 1.82) is 0 Å². The van der Waals surface area contributed by atoms with E-state index in [1.54, 1.807) is 19.2 Å². The van der Waals surface area contributed by atoms with Crippen molar-refractivity contribution in [3.8, 4) is 0 Å². The van der Waals surface area contributed by atoms with E-state index in [2.05, 4.69) is 4.98 Å². The summed E-state index contributed by atoms with van der Waals surface area (Å²) in [6.45, 7) is 2.19. The fraction of sp³-hybridized carbons (Fsp3) is 0.500. The molecule has 6 nitrogen and oxygen atoms in total. The number of aromatic nitrogens is 1. The van der Waals surface area contributed by atoms with Gasteiger partial charge in [-0.1, -0.05) is 37.5 Å². The van der Waals surface area contributed by atoms with E-state index < -0.39 is 17.1 Å². The monoisotopic (exact) mass is 457 g/mol. The predicted octanol–water partition coefficient (Wildman–Crippen LogP) is 3.97. The van der Waals surface area contributed by atoms with Gasteiger partial charge in [0.15, 0.2) is 0 Å². The number of hydrogen-bond donors (Lipinski definition) is 0. The summed E-state index contributed by atoms with van der Waals surface area (Å²) in [6, 6.07) is 5.84. The Labute approximate surface area is 191 Å². The lowest BCUT2D eigenvalue weighted by atomic mass is 9.75. The van der Waals surface area contributed by atoms with Crippen molar-refractivity contribution in [3.63, 3.8) is 0 Å². The molecule has 1 saturated carbocycles. The molecule has 1 aliphatic carbocycles. The number of carbonyl (C=O) groups excluding carboxylic acids is 3. The van der Waals surface area contributed by atoms with Crippen LogP contribution in [0.5, 0.6) is 0 Å². The summed E-state index contributed by atoms with van der Waals surface area (Å²) < 4.78 is 14.9. The Kier molecular flexibility index (Phi) is 6.42. The third-order valence-electron chi connectivity index (χ3n) is 6.62. The highest BCUT2D eigenvalue weighted by molar-refractivity contribution is 7.09. The van der Waals surface area contributed by atoms with Gasteiger partial charge in [0, 0.05) is 36.9 Å². The second kappa shape index (κ2) is 9.10. The molecule has 1 aliphatic heterocycles. The van der Waals surface area contributed by atoms with Crippen molar-refractivity contribution < 1.29 is 18.8 Å². The summed E-state index contributed by atoms with van der Waals surface area (Å²) in [6.07, 6.45) is 4.11. The quantitative estimate of drug-likeness (QED) is 0.616. The molecule has 2 heterocycles. The minimum atomic E-state index is -1.51. The highest BCUT2D eigenvalue weighted by atomic mass is 32.1. The molecule has 8 heteroatoms. The van der Waals surface area contributed by atoms with Gasteiger partial charge >= 0.3 is 0 Å². The average molecular weight is 458 g/mol. The lowest BCUT2D eigenvalue weighted by molar-refractivity contribution is -0.145. The third kappa shape index (κ3) is 4.20. The average Bonchev–Trinajstić information content (AvgIpc) is 3.29. The van der Waals surface area contributed by atoms with Crippen LogP contribution in [-0.4, -0.2) is 45.6 Å². The van der Waals surface area contributed by atoms with Crippen molar-refractivity contribution in [2.75, 3.05) is 7.05 Å². The van der Waals surface area contributed by atoms with E-state index in [9.17, 15) is 18.8 Å². The molecule has 0 N–H and O–H groups in total. The van der Waals surface area contributed by atoms with Crippen molar-refractivity contribution in [3.05, 3.63) is 51.7 Å². The van der Waals surface area contributed by atoms with Crippen LogP contribution in [0, 0.1) is 12.7 Å². The SMILES string of the molecule is Cc1nc(CN(C)C(=O)C[C@@]2(c3ccccc3F)CC(=O)N(C3CCCCC3)C2=O)cs1. The van der Waals surface area contributed by atoms with Crippen molar-refractivity contribution in [2.45, 2.75) is 69.9 Å². The maximum Gasteiger partial charge on any atom is 0.241 e. The maximum absolute atomic E-state index is 14.9. The Morgan fingerprint density at radius 1 is 1.25 bits per heavy atom. The Balaban J connectivity index is 1.65. The first-order valence-corrected chi connectivity index (χ1v) is 12.0. The van der Waals surface area contributed by atoms with Gasteiger partial charge in [-0.25, -0.2) is 9.37 Å². The largest absolute Gasteiger partial charge is 0.340 e. The molecule has 1 aromatic heterocycles. The van der Waals surface area contributed by atoms with E-state index in [1.807, 2.05) is 12.3 Å². The van der Waals surface area contributed by atoms with Gasteiger partial charge in [-0.05, 0) is 25.8 Å². The molecule has 1 saturated heterocycles. The van der Waals surface area contributed by atoms with Gasteiger partial charge in [-0.2, -0.15) is 0 Å². The van der Waals surface area contributed by atoms with Crippen LogP contribution in [0.4, 0.5) is 4.39 Å². The smallest absolute Gasteiger partial charge is 0.241 e. The number of thiazole rings is 1. The predicted molar refractivity (Wildman–Crippen MR) is 119 cm³/mol. The Morgan fingerprint density at radius 3 is 2.62 bits per heavy atom. The first-order chi connectivity index (χ1) is 15.3. The zero-order chi connectivity index (χ0) is 22.9. The van der Waals surface area contributed by atoms with E-state index in [-0.39, 0.29) is 36.3 Å². The number of imide groups is 1. The summed E-state index contributed by atoms with van der Waals surface area (Å²) in [4.78, 5) is 47.3. The van der Waals surface area contributed by atoms with Crippen LogP contribution in [0.2, 0.25) is 0 Å². The van der Waals surface area contributed by atoms with Crippen LogP contribution in [0.15, 0.2) is 29.6 Å². The summed E-state index contributed by atoms with van der Waals surface area (Å²) in [5, 5.41) is 2.80. The second-order valence-electron chi connectivity index (χ2n) is 8.88. The van der Waals surface area contributed by atoms with E-state index in [1.165, 1.54) is 33.3 Å². The minimum Gasteiger partial charge on any atom is -0.340 e. The van der Waals surface area contributed by atoms with Crippen LogP contribution >= 0.6 is 11.3 Å². The van der Waals surface area contributed by atoms with Crippen LogP contribution < -0.4 is 0 Å². The van der Waals surface area contributed by atoms with Gasteiger partial charge in [0.05, 0.1) is 22.7 Å². The number of nitrogens with zero attached hydrogens (tertiary/aromatic N) is 3. The number of hydrogen-bond acceptors (Lipinski definition) is 5. The third-order valence-corrected chi connectivity index (χ3v) is 7.45. The van der Waals surface area contributed by atoms with Crippen LogP contribution in [-0.2, 0) is 26.3 Å². The zero-order valence-corrected chi connectivity index (χ0v) is 19.3. The zero-order valence-electron chi connectivity index (χ0n) is 18.5. The Morgan fingerprint density at radius 2 is 1.97 bits per heavy atom. The summed E-state index contributed by atoms with van der Waals surface area (Å²) in [7, 11) is 1.65. The molecule has 2 fully saturated rings. The molecule has 32 heavy (non-hydrogen) atoms. The van der Waals surface area contributed by atoms with Gasteiger partial charge in [0.1, 0.15) is 5.82 Å². The van der Waals surface area contributed by atoms with Gasteiger partial charge in [-0.15, -0.1) is 11.3 Å². The molecule has 0 bridgehead atoms. The van der Waals surface area contributed by atoms with Gasteiger partial charge in [0.25, 0.3) is 0 Å². The fourth-order valence-corrected chi connectivity index (χ4v) is 5.57. The van der Waals surface area contributed by atoms with E-state index in [0.29, 0.717) is 6.54 Å². The number of benzene rings is 1. The molecule has 1 aromatic carbocycles. The number of aryl methyl sites for hydroxylation is 1. The van der Waals surface area contributed by atoms with Crippen LogP contribution in [0.1, 0.15) is 61.2 Å². The van der Waals surface area contributed by atoms with Gasteiger partial charge in [0.2, 0.25) is 17.7 Å². The van der Waals surface area contributed by atoms with Crippen molar-refractivity contribution in [2.24, 2.45) is 0 Å².